The number of carbonyl (C=O) groups is 1. The molecule has 1 aliphatic rings. The zero-order valence-electron chi connectivity index (χ0n) is 11.6. The number of aliphatic carboxylic acids is 1. The standard InChI is InChI=1S/C15H22N2O2/c1-11-4-3-5-14(12(11)2)17-9-8-16-10-13(17)6-7-15(18)19/h3-5,13,16H,6-10H2,1-2H3,(H,18,19). The highest BCUT2D eigenvalue weighted by molar-refractivity contribution is 5.67. The Kier molecular flexibility index (Phi) is 4.43. The van der Waals surface area contributed by atoms with E-state index < -0.39 is 5.97 Å². The van der Waals surface area contributed by atoms with Crippen LogP contribution in [-0.4, -0.2) is 36.8 Å². The minimum atomic E-state index is -0.716. The third kappa shape index (κ3) is 3.26. The summed E-state index contributed by atoms with van der Waals surface area (Å²) in [4.78, 5) is 13.1. The second-order valence-corrected chi connectivity index (χ2v) is 5.20. The summed E-state index contributed by atoms with van der Waals surface area (Å²) >= 11 is 0. The fourth-order valence-corrected chi connectivity index (χ4v) is 2.67. The molecule has 4 nitrogen and oxygen atoms in total. The Hall–Kier alpha value is -1.55. The van der Waals surface area contributed by atoms with Crippen molar-refractivity contribution < 1.29 is 9.90 Å². The lowest BCUT2D eigenvalue weighted by molar-refractivity contribution is -0.137. The highest BCUT2D eigenvalue weighted by Gasteiger charge is 2.24. The molecule has 0 spiro atoms. The summed E-state index contributed by atoms with van der Waals surface area (Å²) in [6.45, 7) is 7.01. The molecule has 0 amide bonds. The van der Waals surface area contributed by atoms with Gasteiger partial charge >= 0.3 is 5.97 Å². The Morgan fingerprint density at radius 1 is 1.47 bits per heavy atom. The lowest BCUT2D eigenvalue weighted by Gasteiger charge is -2.39. The predicted molar refractivity (Wildman–Crippen MR) is 76.8 cm³/mol. The minimum Gasteiger partial charge on any atom is -0.481 e. The van der Waals surface area contributed by atoms with Crippen molar-refractivity contribution in [2.75, 3.05) is 24.5 Å². The highest BCUT2D eigenvalue weighted by atomic mass is 16.4. The first-order valence-corrected chi connectivity index (χ1v) is 6.85. The number of hydrogen-bond acceptors (Lipinski definition) is 3. The Balaban J connectivity index is 2.19. The molecular formula is C15H22N2O2. The molecule has 0 saturated carbocycles. The summed E-state index contributed by atoms with van der Waals surface area (Å²) in [5.74, 6) is -0.716. The fourth-order valence-electron chi connectivity index (χ4n) is 2.67. The Morgan fingerprint density at radius 3 is 3.00 bits per heavy atom. The van der Waals surface area contributed by atoms with Gasteiger partial charge in [-0.2, -0.15) is 0 Å². The van der Waals surface area contributed by atoms with E-state index in [2.05, 4.69) is 42.3 Å². The molecule has 2 rings (SSSR count). The third-order valence-corrected chi connectivity index (χ3v) is 3.93. The summed E-state index contributed by atoms with van der Waals surface area (Å²) in [7, 11) is 0. The van der Waals surface area contributed by atoms with Crippen molar-refractivity contribution in [2.45, 2.75) is 32.7 Å². The van der Waals surface area contributed by atoms with Gasteiger partial charge in [0.1, 0.15) is 0 Å². The molecule has 0 bridgehead atoms. The molecular weight excluding hydrogens is 240 g/mol. The summed E-state index contributed by atoms with van der Waals surface area (Å²) in [5.41, 5.74) is 3.83. The van der Waals surface area contributed by atoms with Gasteiger partial charge in [-0.1, -0.05) is 12.1 Å². The number of carboxylic acids is 1. The number of aryl methyl sites for hydroxylation is 1. The largest absolute Gasteiger partial charge is 0.481 e. The first kappa shape index (κ1) is 13.9. The van der Waals surface area contributed by atoms with Gasteiger partial charge in [-0.25, -0.2) is 0 Å². The SMILES string of the molecule is Cc1cccc(N2CCNCC2CCC(=O)O)c1C. The van der Waals surface area contributed by atoms with E-state index in [9.17, 15) is 4.79 Å². The zero-order chi connectivity index (χ0) is 13.8. The van der Waals surface area contributed by atoms with E-state index in [4.69, 9.17) is 5.11 Å². The van der Waals surface area contributed by atoms with Crippen LogP contribution in [-0.2, 0) is 4.79 Å². The van der Waals surface area contributed by atoms with Gasteiger partial charge in [0.15, 0.2) is 0 Å². The molecule has 4 heteroatoms. The maximum absolute atomic E-state index is 10.8. The maximum atomic E-state index is 10.8. The molecule has 1 aromatic rings. The molecule has 1 fully saturated rings. The van der Waals surface area contributed by atoms with Crippen molar-refractivity contribution in [2.24, 2.45) is 0 Å². The minimum absolute atomic E-state index is 0.230. The summed E-state index contributed by atoms with van der Waals surface area (Å²) in [5, 5.41) is 12.2. The van der Waals surface area contributed by atoms with Crippen LogP contribution >= 0.6 is 0 Å². The third-order valence-electron chi connectivity index (χ3n) is 3.93. The molecule has 104 valence electrons. The Labute approximate surface area is 114 Å². The van der Waals surface area contributed by atoms with Gasteiger partial charge in [-0.3, -0.25) is 4.79 Å². The van der Waals surface area contributed by atoms with E-state index in [1.165, 1.54) is 16.8 Å². The Morgan fingerprint density at radius 2 is 2.26 bits per heavy atom. The van der Waals surface area contributed by atoms with Gasteiger partial charge in [-0.05, 0) is 37.5 Å². The first-order chi connectivity index (χ1) is 9.09. The number of carboxylic acid groups (broad SMARTS) is 1. The second kappa shape index (κ2) is 6.06. The number of benzene rings is 1. The van der Waals surface area contributed by atoms with E-state index >= 15 is 0 Å². The van der Waals surface area contributed by atoms with Crippen LogP contribution in [0.3, 0.4) is 0 Å². The number of nitrogens with one attached hydrogen (secondary N) is 1. The van der Waals surface area contributed by atoms with E-state index in [1.807, 2.05) is 0 Å². The topological polar surface area (TPSA) is 52.6 Å². The molecule has 0 aromatic heterocycles. The lowest BCUT2D eigenvalue weighted by atomic mass is 10.0. The molecule has 1 heterocycles. The van der Waals surface area contributed by atoms with Crippen molar-refractivity contribution in [3.8, 4) is 0 Å². The van der Waals surface area contributed by atoms with Crippen molar-refractivity contribution >= 4 is 11.7 Å². The van der Waals surface area contributed by atoms with E-state index in [-0.39, 0.29) is 12.5 Å². The highest BCUT2D eigenvalue weighted by Crippen LogP contribution is 2.26. The van der Waals surface area contributed by atoms with Crippen LogP contribution in [0.4, 0.5) is 5.69 Å². The van der Waals surface area contributed by atoms with Crippen molar-refractivity contribution in [3.63, 3.8) is 0 Å². The number of piperazine rings is 1. The van der Waals surface area contributed by atoms with Crippen LogP contribution in [0.2, 0.25) is 0 Å². The van der Waals surface area contributed by atoms with Crippen molar-refractivity contribution in [1.29, 1.82) is 0 Å². The van der Waals surface area contributed by atoms with E-state index in [0.29, 0.717) is 6.42 Å². The average molecular weight is 262 g/mol. The monoisotopic (exact) mass is 262 g/mol. The van der Waals surface area contributed by atoms with Gasteiger partial charge in [0.2, 0.25) is 0 Å². The second-order valence-electron chi connectivity index (χ2n) is 5.20. The van der Waals surface area contributed by atoms with Gasteiger partial charge in [0, 0.05) is 37.8 Å². The molecule has 1 aliphatic heterocycles. The van der Waals surface area contributed by atoms with Crippen LogP contribution in [0.25, 0.3) is 0 Å². The number of rotatable bonds is 4. The van der Waals surface area contributed by atoms with Gasteiger partial charge in [0.25, 0.3) is 0 Å². The first-order valence-electron chi connectivity index (χ1n) is 6.85. The molecule has 1 unspecified atom stereocenters. The fraction of sp³-hybridized carbons (Fsp3) is 0.533. The van der Waals surface area contributed by atoms with Crippen LogP contribution < -0.4 is 10.2 Å². The molecule has 1 atom stereocenters. The summed E-state index contributed by atoms with van der Waals surface area (Å²) in [6, 6.07) is 6.60. The molecule has 0 aliphatic carbocycles. The lowest BCUT2D eigenvalue weighted by Crippen LogP contribution is -2.51. The average Bonchev–Trinajstić information content (AvgIpc) is 2.40. The maximum Gasteiger partial charge on any atom is 0.303 e. The van der Waals surface area contributed by atoms with Gasteiger partial charge in [-0.15, -0.1) is 0 Å². The van der Waals surface area contributed by atoms with Gasteiger partial charge in [0.05, 0.1) is 0 Å². The number of hydrogen-bond donors (Lipinski definition) is 2. The summed E-state index contributed by atoms with van der Waals surface area (Å²) < 4.78 is 0. The molecule has 19 heavy (non-hydrogen) atoms. The molecule has 1 aromatic carbocycles. The molecule has 2 N–H and O–H groups in total. The van der Waals surface area contributed by atoms with Crippen LogP contribution in [0.15, 0.2) is 18.2 Å². The van der Waals surface area contributed by atoms with E-state index in [0.717, 1.165) is 19.6 Å². The van der Waals surface area contributed by atoms with Crippen LogP contribution in [0.1, 0.15) is 24.0 Å². The van der Waals surface area contributed by atoms with E-state index in [1.54, 1.807) is 0 Å². The Bertz CT molecular complexity index is 459. The van der Waals surface area contributed by atoms with Crippen molar-refractivity contribution in [3.05, 3.63) is 29.3 Å². The predicted octanol–water partition coefficient (Wildman–Crippen LogP) is 1.95. The summed E-state index contributed by atoms with van der Waals surface area (Å²) in [6.07, 6.45) is 0.920. The zero-order valence-corrected chi connectivity index (χ0v) is 11.6. The smallest absolute Gasteiger partial charge is 0.303 e. The number of anilines is 1. The number of nitrogens with zero attached hydrogens (tertiary/aromatic N) is 1. The van der Waals surface area contributed by atoms with Gasteiger partial charge < -0.3 is 15.3 Å². The van der Waals surface area contributed by atoms with Crippen molar-refractivity contribution in [1.82, 2.24) is 5.32 Å². The normalized spacial score (nSPS) is 19.5. The quantitative estimate of drug-likeness (QED) is 0.871. The van der Waals surface area contributed by atoms with Crippen LogP contribution in [0.5, 0.6) is 0 Å². The molecule has 0 radical (unpaired) electrons. The van der Waals surface area contributed by atoms with Crippen LogP contribution in [0, 0.1) is 13.8 Å². The molecule has 1 saturated heterocycles.